The quantitative estimate of drug-likeness (QED) is 0.817. The SMILES string of the molecule is C[C@@H](c1nnc(SCC(N)=O)n1-c1ccc(F)cc1)N(C)C. The number of amides is 1. The molecule has 1 heterocycles. The van der Waals surface area contributed by atoms with Crippen LogP contribution in [0.4, 0.5) is 4.39 Å². The predicted molar refractivity (Wildman–Crippen MR) is 83.3 cm³/mol. The molecule has 0 saturated carbocycles. The Morgan fingerprint density at radius 2 is 2.00 bits per heavy atom. The third kappa shape index (κ3) is 3.63. The van der Waals surface area contributed by atoms with Crippen molar-refractivity contribution >= 4 is 17.7 Å². The van der Waals surface area contributed by atoms with Crippen molar-refractivity contribution in [2.24, 2.45) is 5.73 Å². The van der Waals surface area contributed by atoms with Crippen LogP contribution >= 0.6 is 11.8 Å². The highest BCUT2D eigenvalue weighted by Gasteiger charge is 2.21. The smallest absolute Gasteiger partial charge is 0.227 e. The maximum atomic E-state index is 13.2. The second-order valence-electron chi connectivity index (χ2n) is 5.05. The Balaban J connectivity index is 2.47. The molecule has 0 aliphatic carbocycles. The third-order valence-corrected chi connectivity index (χ3v) is 4.19. The maximum absolute atomic E-state index is 13.2. The van der Waals surface area contributed by atoms with E-state index in [0.29, 0.717) is 11.0 Å². The summed E-state index contributed by atoms with van der Waals surface area (Å²) in [4.78, 5) is 13.0. The van der Waals surface area contributed by atoms with Crippen molar-refractivity contribution in [2.75, 3.05) is 19.8 Å². The number of carbonyl (C=O) groups excluding carboxylic acids is 1. The van der Waals surface area contributed by atoms with Crippen LogP contribution < -0.4 is 5.73 Å². The molecule has 0 aliphatic heterocycles. The first-order valence-corrected chi connectivity index (χ1v) is 7.67. The van der Waals surface area contributed by atoms with E-state index >= 15 is 0 Å². The van der Waals surface area contributed by atoms with E-state index in [9.17, 15) is 9.18 Å². The van der Waals surface area contributed by atoms with Crippen LogP contribution in [-0.2, 0) is 4.79 Å². The number of rotatable bonds is 6. The normalized spacial score (nSPS) is 12.6. The van der Waals surface area contributed by atoms with Crippen LogP contribution in [0.1, 0.15) is 18.8 Å². The van der Waals surface area contributed by atoms with Crippen LogP contribution in [0.2, 0.25) is 0 Å². The zero-order valence-electron chi connectivity index (χ0n) is 12.7. The summed E-state index contributed by atoms with van der Waals surface area (Å²) in [6.07, 6.45) is 0. The molecule has 2 N–H and O–H groups in total. The average molecular weight is 323 g/mol. The van der Waals surface area contributed by atoms with Gasteiger partial charge in [-0.2, -0.15) is 0 Å². The number of aromatic nitrogens is 3. The van der Waals surface area contributed by atoms with Gasteiger partial charge in [0.15, 0.2) is 11.0 Å². The molecule has 1 aromatic carbocycles. The van der Waals surface area contributed by atoms with Crippen molar-refractivity contribution in [3.8, 4) is 5.69 Å². The number of nitrogens with zero attached hydrogens (tertiary/aromatic N) is 4. The van der Waals surface area contributed by atoms with Gasteiger partial charge in [-0.05, 0) is 45.3 Å². The van der Waals surface area contributed by atoms with Crippen LogP contribution in [0.25, 0.3) is 5.69 Å². The van der Waals surface area contributed by atoms with Crippen LogP contribution in [0.5, 0.6) is 0 Å². The van der Waals surface area contributed by atoms with Gasteiger partial charge in [-0.1, -0.05) is 11.8 Å². The summed E-state index contributed by atoms with van der Waals surface area (Å²) in [6.45, 7) is 1.99. The largest absolute Gasteiger partial charge is 0.369 e. The molecule has 2 rings (SSSR count). The zero-order valence-corrected chi connectivity index (χ0v) is 13.5. The van der Waals surface area contributed by atoms with E-state index in [1.54, 1.807) is 12.1 Å². The summed E-state index contributed by atoms with van der Waals surface area (Å²) in [5, 5.41) is 8.91. The Morgan fingerprint density at radius 1 is 1.36 bits per heavy atom. The first-order valence-electron chi connectivity index (χ1n) is 6.69. The Hall–Kier alpha value is -1.93. The van der Waals surface area contributed by atoms with Crippen molar-refractivity contribution < 1.29 is 9.18 Å². The predicted octanol–water partition coefficient (Wildman–Crippen LogP) is 1.61. The Morgan fingerprint density at radius 3 is 2.55 bits per heavy atom. The summed E-state index contributed by atoms with van der Waals surface area (Å²) in [5.41, 5.74) is 5.93. The number of nitrogens with two attached hydrogens (primary N) is 1. The van der Waals surface area contributed by atoms with E-state index < -0.39 is 5.91 Å². The minimum absolute atomic E-state index is 0.000445. The number of hydrogen-bond acceptors (Lipinski definition) is 5. The van der Waals surface area contributed by atoms with E-state index in [2.05, 4.69) is 10.2 Å². The summed E-state index contributed by atoms with van der Waals surface area (Å²) in [6, 6.07) is 6.06. The molecule has 2 aromatic rings. The van der Waals surface area contributed by atoms with Crippen LogP contribution in [0, 0.1) is 5.82 Å². The van der Waals surface area contributed by atoms with Gasteiger partial charge in [0, 0.05) is 5.69 Å². The molecule has 118 valence electrons. The summed E-state index contributed by atoms with van der Waals surface area (Å²) >= 11 is 1.21. The molecule has 8 heteroatoms. The van der Waals surface area contributed by atoms with Crippen molar-refractivity contribution in [3.05, 3.63) is 35.9 Å². The van der Waals surface area contributed by atoms with E-state index in [1.807, 2.05) is 30.5 Å². The fourth-order valence-electron chi connectivity index (χ4n) is 1.84. The number of carbonyl (C=O) groups is 1. The maximum Gasteiger partial charge on any atom is 0.227 e. The molecule has 22 heavy (non-hydrogen) atoms. The van der Waals surface area contributed by atoms with Crippen molar-refractivity contribution in [1.29, 1.82) is 0 Å². The molecule has 1 aromatic heterocycles. The highest BCUT2D eigenvalue weighted by molar-refractivity contribution is 7.99. The minimum atomic E-state index is -0.430. The molecule has 0 unspecified atom stereocenters. The lowest BCUT2D eigenvalue weighted by atomic mass is 10.2. The lowest BCUT2D eigenvalue weighted by Crippen LogP contribution is -2.21. The second kappa shape index (κ2) is 6.89. The van der Waals surface area contributed by atoms with Gasteiger partial charge in [0.2, 0.25) is 5.91 Å². The molecule has 0 bridgehead atoms. The van der Waals surface area contributed by atoms with Crippen LogP contribution in [0.15, 0.2) is 29.4 Å². The first kappa shape index (κ1) is 16.4. The number of benzene rings is 1. The molecule has 0 spiro atoms. The fraction of sp³-hybridized carbons (Fsp3) is 0.357. The zero-order chi connectivity index (χ0) is 16.3. The van der Waals surface area contributed by atoms with Gasteiger partial charge >= 0.3 is 0 Å². The van der Waals surface area contributed by atoms with Crippen molar-refractivity contribution in [1.82, 2.24) is 19.7 Å². The van der Waals surface area contributed by atoms with Gasteiger partial charge < -0.3 is 5.73 Å². The standard InChI is InChI=1S/C14H18FN5OS/c1-9(19(2)3)13-17-18-14(22-8-12(16)21)20(13)11-6-4-10(15)5-7-11/h4-7,9H,8H2,1-3H3,(H2,16,21)/t9-/m0/s1. The molecule has 6 nitrogen and oxygen atoms in total. The van der Waals surface area contributed by atoms with Gasteiger partial charge in [-0.15, -0.1) is 10.2 Å². The number of hydrogen-bond donors (Lipinski definition) is 1. The van der Waals surface area contributed by atoms with Gasteiger partial charge in [0.1, 0.15) is 5.82 Å². The highest BCUT2D eigenvalue weighted by atomic mass is 32.2. The van der Waals surface area contributed by atoms with Gasteiger partial charge in [0.05, 0.1) is 11.8 Å². The molecule has 0 fully saturated rings. The monoisotopic (exact) mass is 323 g/mol. The van der Waals surface area contributed by atoms with E-state index in [-0.39, 0.29) is 17.6 Å². The Labute approximate surface area is 132 Å². The number of halogens is 1. The Kier molecular flexibility index (Phi) is 5.15. The minimum Gasteiger partial charge on any atom is -0.369 e. The fourth-order valence-corrected chi connectivity index (χ4v) is 2.54. The number of primary amides is 1. The molecule has 1 amide bonds. The topological polar surface area (TPSA) is 77.0 Å². The lowest BCUT2D eigenvalue weighted by molar-refractivity contribution is -0.115. The van der Waals surface area contributed by atoms with E-state index in [0.717, 1.165) is 5.69 Å². The van der Waals surface area contributed by atoms with Crippen LogP contribution in [0.3, 0.4) is 0 Å². The van der Waals surface area contributed by atoms with Gasteiger partial charge in [-0.25, -0.2) is 4.39 Å². The second-order valence-corrected chi connectivity index (χ2v) is 5.99. The Bertz CT molecular complexity index is 656. The molecule has 0 saturated heterocycles. The van der Waals surface area contributed by atoms with E-state index in [1.165, 1.54) is 23.9 Å². The molecule has 0 aliphatic rings. The summed E-state index contributed by atoms with van der Waals surface area (Å²) < 4.78 is 15.0. The van der Waals surface area contributed by atoms with Crippen LogP contribution in [-0.4, -0.2) is 45.4 Å². The molecule has 0 radical (unpaired) electrons. The highest BCUT2D eigenvalue weighted by Crippen LogP contribution is 2.26. The van der Waals surface area contributed by atoms with E-state index in [4.69, 9.17) is 5.73 Å². The van der Waals surface area contributed by atoms with Gasteiger partial charge in [-0.3, -0.25) is 14.3 Å². The molecule has 1 atom stereocenters. The molecular formula is C14H18FN5OS. The summed E-state index contributed by atoms with van der Waals surface area (Å²) in [5.74, 6) is 0.0742. The van der Waals surface area contributed by atoms with Crippen molar-refractivity contribution in [3.63, 3.8) is 0 Å². The summed E-state index contributed by atoms with van der Waals surface area (Å²) in [7, 11) is 3.87. The first-order chi connectivity index (χ1) is 10.4. The van der Waals surface area contributed by atoms with Crippen molar-refractivity contribution in [2.45, 2.75) is 18.1 Å². The van der Waals surface area contributed by atoms with Gasteiger partial charge in [0.25, 0.3) is 0 Å². The average Bonchev–Trinajstić information content (AvgIpc) is 2.88. The molecular weight excluding hydrogens is 305 g/mol. The number of thioether (sulfide) groups is 1. The lowest BCUT2D eigenvalue weighted by Gasteiger charge is -2.20. The third-order valence-electron chi connectivity index (χ3n) is 3.24.